The average Bonchev–Trinajstić information content (AvgIpc) is 2.80. The van der Waals surface area contributed by atoms with Gasteiger partial charge in [-0.3, -0.25) is 0 Å². The molecular formula is C11H12O. The van der Waals surface area contributed by atoms with Crippen LogP contribution in [0.4, 0.5) is 0 Å². The highest BCUT2D eigenvalue weighted by molar-refractivity contribution is 5.48. The molecule has 0 N–H and O–H groups in total. The second kappa shape index (κ2) is 1.85. The third-order valence-corrected chi connectivity index (χ3v) is 3.29. The molecule has 1 aliphatic heterocycles. The van der Waals surface area contributed by atoms with E-state index in [0.717, 1.165) is 5.75 Å². The van der Waals surface area contributed by atoms with Gasteiger partial charge in [0.15, 0.2) is 0 Å². The average molecular weight is 160 g/mol. The highest BCUT2D eigenvalue weighted by Crippen LogP contribution is 2.58. The number of rotatable bonds is 0. The number of fused-ring (bicyclic) bond motifs is 2. The summed E-state index contributed by atoms with van der Waals surface area (Å²) in [6.45, 7) is 2.19. The van der Waals surface area contributed by atoms with Crippen molar-refractivity contribution in [1.29, 1.82) is 0 Å². The number of ether oxygens (including phenoxy) is 1. The quantitative estimate of drug-likeness (QED) is 0.566. The molecule has 1 saturated carbocycles. The summed E-state index contributed by atoms with van der Waals surface area (Å²) >= 11 is 0. The highest BCUT2D eigenvalue weighted by atomic mass is 16.5. The van der Waals surface area contributed by atoms with Gasteiger partial charge in [-0.05, 0) is 25.8 Å². The number of benzene rings is 1. The second-order valence-electron chi connectivity index (χ2n) is 3.91. The van der Waals surface area contributed by atoms with E-state index in [9.17, 15) is 0 Å². The Morgan fingerprint density at radius 3 is 2.83 bits per heavy atom. The van der Waals surface area contributed by atoms with Crippen molar-refractivity contribution >= 4 is 0 Å². The zero-order valence-electron chi connectivity index (χ0n) is 7.21. The Bertz CT molecular complexity index is 326. The van der Waals surface area contributed by atoms with Gasteiger partial charge in [-0.15, -0.1) is 0 Å². The smallest absolute Gasteiger partial charge is 0.123 e. The maximum absolute atomic E-state index is 5.78. The van der Waals surface area contributed by atoms with E-state index < -0.39 is 0 Å². The summed E-state index contributed by atoms with van der Waals surface area (Å²) in [6.07, 6.45) is 3.02. The molecule has 1 atom stereocenters. The lowest BCUT2D eigenvalue weighted by atomic mass is 9.93. The monoisotopic (exact) mass is 160 g/mol. The normalized spacial score (nSPS) is 28.2. The Morgan fingerprint density at radius 2 is 2.08 bits per heavy atom. The molecule has 0 amide bonds. The van der Waals surface area contributed by atoms with E-state index in [1.165, 1.54) is 18.4 Å². The molecule has 0 radical (unpaired) electrons. The molecule has 1 spiro atoms. The predicted octanol–water partition coefficient (Wildman–Crippen LogP) is 2.50. The van der Waals surface area contributed by atoms with Gasteiger partial charge in [-0.25, -0.2) is 0 Å². The standard InChI is InChI=1S/C11H12O/c1-8-11(6-7-11)9-4-2-3-5-10(9)12-8/h2-5,8H,6-7H2,1H3. The lowest BCUT2D eigenvalue weighted by molar-refractivity contribution is 0.217. The van der Waals surface area contributed by atoms with Crippen molar-refractivity contribution in [2.45, 2.75) is 31.3 Å². The van der Waals surface area contributed by atoms with Gasteiger partial charge >= 0.3 is 0 Å². The van der Waals surface area contributed by atoms with Crippen molar-refractivity contribution in [2.24, 2.45) is 0 Å². The van der Waals surface area contributed by atoms with Crippen LogP contribution in [0, 0.1) is 0 Å². The minimum absolute atomic E-state index is 0.398. The van der Waals surface area contributed by atoms with Gasteiger partial charge in [0.05, 0.1) is 0 Å². The molecule has 1 fully saturated rings. The largest absolute Gasteiger partial charge is 0.489 e. The van der Waals surface area contributed by atoms with Gasteiger partial charge in [-0.1, -0.05) is 18.2 Å². The fourth-order valence-corrected chi connectivity index (χ4v) is 2.31. The van der Waals surface area contributed by atoms with Crippen LogP contribution in [0.25, 0.3) is 0 Å². The summed E-state index contributed by atoms with van der Waals surface area (Å²) in [4.78, 5) is 0. The molecule has 0 saturated heterocycles. The number of para-hydroxylation sites is 1. The van der Waals surface area contributed by atoms with Crippen LogP contribution in [0.3, 0.4) is 0 Å². The van der Waals surface area contributed by atoms with Gasteiger partial charge < -0.3 is 4.74 Å². The van der Waals surface area contributed by atoms with E-state index in [1.54, 1.807) is 0 Å². The highest BCUT2D eigenvalue weighted by Gasteiger charge is 2.55. The molecule has 0 bridgehead atoms. The van der Waals surface area contributed by atoms with Crippen molar-refractivity contribution in [1.82, 2.24) is 0 Å². The van der Waals surface area contributed by atoms with E-state index in [4.69, 9.17) is 4.74 Å². The molecular weight excluding hydrogens is 148 g/mol. The molecule has 2 aliphatic rings. The maximum Gasteiger partial charge on any atom is 0.123 e. The minimum atomic E-state index is 0.398. The van der Waals surface area contributed by atoms with E-state index in [2.05, 4.69) is 25.1 Å². The lowest BCUT2D eigenvalue weighted by Gasteiger charge is -2.11. The van der Waals surface area contributed by atoms with E-state index in [-0.39, 0.29) is 0 Å². The first-order chi connectivity index (χ1) is 5.83. The van der Waals surface area contributed by atoms with Crippen LogP contribution in [0.5, 0.6) is 5.75 Å². The summed E-state index contributed by atoms with van der Waals surface area (Å²) in [5.41, 5.74) is 1.86. The van der Waals surface area contributed by atoms with Crippen LogP contribution in [0.2, 0.25) is 0 Å². The summed E-state index contributed by atoms with van der Waals surface area (Å²) in [6, 6.07) is 8.46. The number of hydrogen-bond donors (Lipinski definition) is 0. The van der Waals surface area contributed by atoms with E-state index >= 15 is 0 Å². The maximum atomic E-state index is 5.78. The zero-order chi connectivity index (χ0) is 8.18. The molecule has 0 aromatic heterocycles. The number of hydrogen-bond acceptors (Lipinski definition) is 1. The molecule has 1 unspecified atom stereocenters. The molecule has 1 heteroatoms. The summed E-state index contributed by atoms with van der Waals surface area (Å²) in [5.74, 6) is 1.11. The SMILES string of the molecule is CC1Oc2ccccc2C12CC2. The van der Waals surface area contributed by atoms with Gasteiger partial charge in [0.1, 0.15) is 11.9 Å². The fraction of sp³-hybridized carbons (Fsp3) is 0.455. The molecule has 1 aromatic rings. The van der Waals surface area contributed by atoms with Crippen molar-refractivity contribution in [3.63, 3.8) is 0 Å². The lowest BCUT2D eigenvalue weighted by Crippen LogP contribution is -2.20. The first-order valence-electron chi connectivity index (χ1n) is 4.59. The molecule has 3 rings (SSSR count). The van der Waals surface area contributed by atoms with Gasteiger partial charge in [-0.2, -0.15) is 0 Å². The minimum Gasteiger partial charge on any atom is -0.489 e. The first kappa shape index (κ1) is 6.53. The van der Waals surface area contributed by atoms with Crippen molar-refractivity contribution in [3.05, 3.63) is 29.8 Å². The van der Waals surface area contributed by atoms with Gasteiger partial charge in [0.25, 0.3) is 0 Å². The summed E-state index contributed by atoms with van der Waals surface area (Å²) in [5, 5.41) is 0. The van der Waals surface area contributed by atoms with Crippen LogP contribution in [0.15, 0.2) is 24.3 Å². The third-order valence-electron chi connectivity index (χ3n) is 3.29. The van der Waals surface area contributed by atoms with Gasteiger partial charge in [0.2, 0.25) is 0 Å². The van der Waals surface area contributed by atoms with E-state index in [0.29, 0.717) is 11.5 Å². The Labute approximate surface area is 72.4 Å². The Kier molecular flexibility index (Phi) is 1.00. The van der Waals surface area contributed by atoms with Gasteiger partial charge in [0, 0.05) is 11.0 Å². The van der Waals surface area contributed by atoms with Crippen LogP contribution in [-0.2, 0) is 5.41 Å². The second-order valence-corrected chi connectivity index (χ2v) is 3.91. The van der Waals surface area contributed by atoms with Crippen LogP contribution in [0.1, 0.15) is 25.3 Å². The molecule has 1 aromatic carbocycles. The molecule has 1 heterocycles. The Morgan fingerprint density at radius 1 is 1.33 bits per heavy atom. The molecule has 12 heavy (non-hydrogen) atoms. The Balaban J connectivity index is 2.19. The van der Waals surface area contributed by atoms with Crippen molar-refractivity contribution in [2.75, 3.05) is 0 Å². The third kappa shape index (κ3) is 0.603. The summed E-state index contributed by atoms with van der Waals surface area (Å²) in [7, 11) is 0. The zero-order valence-corrected chi connectivity index (χ0v) is 7.21. The van der Waals surface area contributed by atoms with Crippen molar-refractivity contribution in [3.8, 4) is 5.75 Å². The fourth-order valence-electron chi connectivity index (χ4n) is 2.31. The molecule has 62 valence electrons. The Hall–Kier alpha value is -0.980. The van der Waals surface area contributed by atoms with Crippen LogP contribution >= 0.6 is 0 Å². The summed E-state index contributed by atoms with van der Waals surface area (Å²) < 4.78 is 5.78. The van der Waals surface area contributed by atoms with Crippen molar-refractivity contribution < 1.29 is 4.74 Å². The molecule has 1 aliphatic carbocycles. The first-order valence-corrected chi connectivity index (χ1v) is 4.59. The van der Waals surface area contributed by atoms with Crippen LogP contribution in [-0.4, -0.2) is 6.10 Å². The predicted molar refractivity (Wildman–Crippen MR) is 47.4 cm³/mol. The van der Waals surface area contributed by atoms with Crippen LogP contribution < -0.4 is 4.74 Å². The topological polar surface area (TPSA) is 9.23 Å². The molecule has 1 nitrogen and oxygen atoms in total. The van der Waals surface area contributed by atoms with E-state index in [1.807, 2.05) is 6.07 Å².